The minimum absolute atomic E-state index is 0.0838. The van der Waals surface area contributed by atoms with Gasteiger partial charge in [-0.25, -0.2) is 19.4 Å². The number of amides is 5. The first kappa shape index (κ1) is 24.0. The lowest BCUT2D eigenvalue weighted by Gasteiger charge is -2.25. The molecular weight excluding hydrogens is 402 g/mol. The zero-order valence-corrected chi connectivity index (χ0v) is 17.4. The van der Waals surface area contributed by atoms with Crippen molar-refractivity contribution in [1.29, 1.82) is 0 Å². The fraction of sp³-hybridized carbons (Fsp3) is 0.529. The number of primary amides is 1. The van der Waals surface area contributed by atoms with Crippen LogP contribution in [0.1, 0.15) is 32.1 Å². The molecule has 0 saturated heterocycles. The lowest BCUT2D eigenvalue weighted by atomic mass is 10.1. The molecule has 0 aliphatic rings. The predicted octanol–water partition coefficient (Wildman–Crippen LogP) is 1.25. The Labute approximate surface area is 172 Å². The van der Waals surface area contributed by atoms with Crippen LogP contribution in [-0.4, -0.2) is 59.0 Å². The number of alkyl carbamates (subject to hydrolysis) is 1. The van der Waals surface area contributed by atoms with Gasteiger partial charge >= 0.3 is 18.2 Å². The van der Waals surface area contributed by atoms with E-state index in [0.717, 1.165) is 4.88 Å². The van der Waals surface area contributed by atoms with Crippen LogP contribution in [0.3, 0.4) is 0 Å². The Bertz CT molecular complexity index is 704. The van der Waals surface area contributed by atoms with E-state index in [9.17, 15) is 24.3 Å². The molecule has 5 amide bonds. The molecule has 1 heterocycles. The van der Waals surface area contributed by atoms with Gasteiger partial charge in [-0.2, -0.15) is 0 Å². The Morgan fingerprint density at radius 2 is 2.00 bits per heavy atom. The molecule has 0 aliphatic carbocycles. The maximum absolute atomic E-state index is 12.7. The second-order valence-electron chi connectivity index (χ2n) is 7.04. The number of hydrogen-bond donors (Lipinski definition) is 5. The van der Waals surface area contributed by atoms with Crippen LogP contribution in [0.2, 0.25) is 0 Å². The molecule has 0 aromatic carbocycles. The Kier molecular flexibility index (Phi) is 9.19. The summed E-state index contributed by atoms with van der Waals surface area (Å²) in [7, 11) is 0. The molecule has 1 aromatic heterocycles. The fourth-order valence-electron chi connectivity index (χ4n) is 2.15. The molecule has 0 bridgehead atoms. The van der Waals surface area contributed by atoms with Gasteiger partial charge in [-0.3, -0.25) is 10.2 Å². The zero-order valence-electron chi connectivity index (χ0n) is 16.6. The van der Waals surface area contributed by atoms with Gasteiger partial charge in [0, 0.05) is 24.4 Å². The van der Waals surface area contributed by atoms with Crippen LogP contribution in [0.5, 0.6) is 0 Å². The number of urea groups is 1. The van der Waals surface area contributed by atoms with Crippen LogP contribution >= 0.6 is 11.3 Å². The molecule has 0 spiro atoms. The summed E-state index contributed by atoms with van der Waals surface area (Å²) in [6.45, 7) is 5.12. The van der Waals surface area contributed by atoms with E-state index in [2.05, 4.69) is 16.1 Å². The van der Waals surface area contributed by atoms with Gasteiger partial charge in [-0.15, -0.1) is 11.3 Å². The number of nitrogens with zero attached hydrogens (tertiary/aromatic N) is 1. The minimum Gasteiger partial charge on any atom is -0.464 e. The number of carbonyl (C=O) groups is 4. The number of ether oxygens (including phenoxy) is 1. The van der Waals surface area contributed by atoms with Crippen molar-refractivity contribution in [1.82, 2.24) is 21.1 Å². The minimum atomic E-state index is -1.38. The topological polar surface area (TPSA) is 163 Å². The Morgan fingerprint density at radius 3 is 2.52 bits per heavy atom. The van der Waals surface area contributed by atoms with Crippen molar-refractivity contribution in [2.45, 2.75) is 45.3 Å². The van der Waals surface area contributed by atoms with Crippen molar-refractivity contribution < 1.29 is 29.0 Å². The summed E-state index contributed by atoms with van der Waals surface area (Å²) in [6.07, 6.45) is -1.78. The molecule has 162 valence electrons. The molecule has 0 saturated carbocycles. The number of hydrogen-bond acceptors (Lipinski definition) is 6. The zero-order chi connectivity index (χ0) is 22.0. The smallest absolute Gasteiger partial charge is 0.426 e. The fourth-order valence-corrected chi connectivity index (χ4v) is 2.90. The van der Waals surface area contributed by atoms with Crippen LogP contribution in [0.15, 0.2) is 17.5 Å². The SMILES string of the molecule is CC(C)(C)OC(=O)N[C@@H](Cc1cccs1)C(=O)NN(CCCNC(N)=O)C(=O)O. The van der Waals surface area contributed by atoms with Crippen molar-refractivity contribution in [3.05, 3.63) is 22.4 Å². The largest absolute Gasteiger partial charge is 0.464 e. The molecule has 0 fully saturated rings. The highest BCUT2D eigenvalue weighted by Gasteiger charge is 2.27. The number of rotatable bonds is 8. The molecule has 1 rings (SSSR count). The average Bonchev–Trinajstić information content (AvgIpc) is 3.07. The highest BCUT2D eigenvalue weighted by Crippen LogP contribution is 2.13. The van der Waals surface area contributed by atoms with E-state index in [4.69, 9.17) is 10.5 Å². The monoisotopic (exact) mass is 429 g/mol. The number of thiophene rings is 1. The first-order valence-corrected chi connectivity index (χ1v) is 9.72. The van der Waals surface area contributed by atoms with Gasteiger partial charge in [0.2, 0.25) is 0 Å². The van der Waals surface area contributed by atoms with E-state index < -0.39 is 35.8 Å². The number of carbonyl (C=O) groups excluding carboxylic acids is 3. The van der Waals surface area contributed by atoms with Gasteiger partial charge in [0.25, 0.3) is 5.91 Å². The highest BCUT2D eigenvalue weighted by atomic mass is 32.1. The average molecular weight is 429 g/mol. The van der Waals surface area contributed by atoms with Gasteiger partial charge < -0.3 is 26.2 Å². The lowest BCUT2D eigenvalue weighted by Crippen LogP contribution is -2.55. The Morgan fingerprint density at radius 1 is 1.31 bits per heavy atom. The third-order valence-electron chi connectivity index (χ3n) is 3.33. The van der Waals surface area contributed by atoms with Crippen molar-refractivity contribution >= 4 is 35.5 Å². The molecule has 0 radical (unpaired) electrons. The Hall–Kier alpha value is -3.02. The van der Waals surface area contributed by atoms with Gasteiger partial charge in [-0.05, 0) is 38.6 Å². The van der Waals surface area contributed by atoms with E-state index in [-0.39, 0.29) is 25.9 Å². The molecule has 12 heteroatoms. The first-order valence-electron chi connectivity index (χ1n) is 8.84. The van der Waals surface area contributed by atoms with Gasteiger partial charge in [0.15, 0.2) is 0 Å². The van der Waals surface area contributed by atoms with Crippen LogP contribution in [0.25, 0.3) is 0 Å². The number of nitrogens with two attached hydrogens (primary N) is 1. The van der Waals surface area contributed by atoms with Crippen LogP contribution in [0.4, 0.5) is 14.4 Å². The molecule has 0 aliphatic heterocycles. The van der Waals surface area contributed by atoms with E-state index in [1.807, 2.05) is 5.38 Å². The van der Waals surface area contributed by atoms with Gasteiger partial charge in [-0.1, -0.05) is 6.07 Å². The molecule has 1 aromatic rings. The normalized spacial score (nSPS) is 11.8. The van der Waals surface area contributed by atoms with Gasteiger partial charge in [0.05, 0.1) is 0 Å². The number of nitrogens with one attached hydrogen (secondary N) is 3. The molecule has 11 nitrogen and oxygen atoms in total. The van der Waals surface area contributed by atoms with E-state index in [1.165, 1.54) is 11.3 Å². The molecule has 29 heavy (non-hydrogen) atoms. The summed E-state index contributed by atoms with van der Waals surface area (Å²) in [5, 5.41) is 16.6. The lowest BCUT2D eigenvalue weighted by molar-refractivity contribution is -0.127. The van der Waals surface area contributed by atoms with E-state index >= 15 is 0 Å². The molecule has 1 atom stereocenters. The second-order valence-corrected chi connectivity index (χ2v) is 8.07. The summed E-state index contributed by atoms with van der Waals surface area (Å²) in [5.74, 6) is -0.713. The van der Waals surface area contributed by atoms with Gasteiger partial charge in [0.1, 0.15) is 11.6 Å². The summed E-state index contributed by atoms with van der Waals surface area (Å²) in [4.78, 5) is 47.6. The van der Waals surface area contributed by atoms with Crippen molar-refractivity contribution in [3.8, 4) is 0 Å². The van der Waals surface area contributed by atoms with Crippen molar-refractivity contribution in [2.75, 3.05) is 13.1 Å². The summed E-state index contributed by atoms with van der Waals surface area (Å²) in [5.41, 5.74) is 6.46. The van der Waals surface area contributed by atoms with Crippen LogP contribution < -0.4 is 21.8 Å². The predicted molar refractivity (Wildman–Crippen MR) is 106 cm³/mol. The molecule has 6 N–H and O–H groups in total. The molecular formula is C17H27N5O6S. The number of carboxylic acid groups (broad SMARTS) is 1. The summed E-state index contributed by atoms with van der Waals surface area (Å²) >= 11 is 1.40. The quantitative estimate of drug-likeness (QED) is 0.308. The first-order chi connectivity index (χ1) is 13.5. The van der Waals surface area contributed by atoms with Crippen LogP contribution in [0, 0.1) is 0 Å². The Balaban J connectivity index is 2.77. The third-order valence-corrected chi connectivity index (χ3v) is 4.23. The standard InChI is InChI=1S/C17H27N5O6S/c1-17(2,3)28-15(25)20-12(10-11-6-4-9-29-11)13(23)21-22(16(26)27)8-5-7-19-14(18)24/h4,6,9,12H,5,7-8,10H2,1-3H3,(H,20,25)(H,21,23)(H,26,27)(H3,18,19,24)/t12-/m0/s1. The van der Waals surface area contributed by atoms with Crippen LogP contribution in [-0.2, 0) is 16.0 Å². The molecule has 0 unspecified atom stereocenters. The third kappa shape index (κ3) is 10.2. The number of hydrazine groups is 1. The highest BCUT2D eigenvalue weighted by molar-refractivity contribution is 7.09. The second kappa shape index (κ2) is 11.1. The van der Waals surface area contributed by atoms with E-state index in [1.54, 1.807) is 32.9 Å². The summed E-state index contributed by atoms with van der Waals surface area (Å²) < 4.78 is 5.18. The maximum Gasteiger partial charge on any atom is 0.426 e. The van der Waals surface area contributed by atoms with Crippen molar-refractivity contribution in [3.63, 3.8) is 0 Å². The summed E-state index contributed by atoms with van der Waals surface area (Å²) in [6, 6.07) is 1.83. The van der Waals surface area contributed by atoms with Crippen molar-refractivity contribution in [2.24, 2.45) is 5.73 Å². The van der Waals surface area contributed by atoms with E-state index in [0.29, 0.717) is 5.01 Å². The maximum atomic E-state index is 12.7.